The second-order valence-electron chi connectivity index (χ2n) is 8.94. The molecule has 18 heteroatoms. The number of amides is 1. The van der Waals surface area contributed by atoms with Crippen molar-refractivity contribution in [2.24, 2.45) is 5.10 Å². The summed E-state index contributed by atoms with van der Waals surface area (Å²) < 4.78 is 69.7. The van der Waals surface area contributed by atoms with E-state index in [0.29, 0.717) is 41.1 Å². The van der Waals surface area contributed by atoms with Gasteiger partial charge in [-0.1, -0.05) is 30.4 Å². The maximum Gasteiger partial charge on any atom is 1.00 e. The third-order valence-corrected chi connectivity index (χ3v) is 9.43. The maximum atomic E-state index is 13.0. The van der Waals surface area contributed by atoms with E-state index in [-0.39, 0.29) is 69.6 Å². The molecule has 2 heterocycles. The van der Waals surface area contributed by atoms with Crippen LogP contribution in [0.5, 0.6) is 0 Å². The number of aromatic amines is 1. The van der Waals surface area contributed by atoms with Crippen LogP contribution in [0.25, 0.3) is 11.8 Å². The second-order valence-corrected chi connectivity index (χ2v) is 14.0. The summed E-state index contributed by atoms with van der Waals surface area (Å²) in [6, 6.07) is 7.40. The molecule has 3 aromatic rings. The van der Waals surface area contributed by atoms with E-state index in [0.717, 1.165) is 17.1 Å². The fourth-order valence-corrected chi connectivity index (χ4v) is 6.85. The number of nitrogens with one attached hydrogen (secondary N) is 1. The Morgan fingerprint density at radius 3 is 1.84 bits per heavy atom. The molecule has 0 saturated carbocycles. The van der Waals surface area contributed by atoms with Crippen LogP contribution in [0.15, 0.2) is 98.1 Å². The molecule has 4 rings (SSSR count). The summed E-state index contributed by atoms with van der Waals surface area (Å²) in [5.74, 6) is -0.417. The SMILES string of the molecule is CC1=NN(c2ccc(S(=O)(=O)[O-])cc2[131I])C(=O)\C1=C/C=C/C=C/C=C/c1c(C)[nH]n(-c2ccc(S(=O)(=O)[O-])cc2[131I])c1=O.[Na+].[Na+]. The Hall–Kier alpha value is -1.17. The van der Waals surface area contributed by atoms with E-state index < -0.39 is 31.0 Å². The molecule has 1 N–H and O–H groups in total. The number of benzene rings is 2. The number of carbonyl (C=O) groups excluding carboxylic acids is 1. The van der Waals surface area contributed by atoms with Gasteiger partial charge < -0.3 is 9.11 Å². The van der Waals surface area contributed by atoms with Gasteiger partial charge in [-0.25, -0.2) is 21.5 Å². The van der Waals surface area contributed by atoms with Gasteiger partial charge in [0.15, 0.2) is 0 Å². The minimum Gasteiger partial charge on any atom is -0.744 e. The van der Waals surface area contributed by atoms with Crippen molar-refractivity contribution in [3.63, 3.8) is 0 Å². The monoisotopic (exact) mass is 900 g/mol. The molecule has 0 fully saturated rings. The van der Waals surface area contributed by atoms with E-state index in [9.17, 15) is 35.5 Å². The first-order valence-corrected chi connectivity index (χ1v) is 17.0. The number of nitrogens with zero attached hydrogens (tertiary/aromatic N) is 3. The van der Waals surface area contributed by atoms with Crippen molar-refractivity contribution in [3.8, 4) is 5.69 Å². The topological polar surface area (TPSA) is 185 Å². The molecule has 2 aromatic carbocycles. The van der Waals surface area contributed by atoms with Crippen LogP contribution in [0.4, 0.5) is 5.69 Å². The summed E-state index contributed by atoms with van der Waals surface area (Å²) in [6.45, 7) is 3.37. The van der Waals surface area contributed by atoms with E-state index in [1.165, 1.54) is 28.9 Å². The van der Waals surface area contributed by atoms with Gasteiger partial charge in [-0.15, -0.1) is 0 Å². The second kappa shape index (κ2) is 16.3. The van der Waals surface area contributed by atoms with Gasteiger partial charge in [0.1, 0.15) is 20.2 Å². The zero-order valence-electron chi connectivity index (χ0n) is 24.2. The van der Waals surface area contributed by atoms with Crippen molar-refractivity contribution in [2.75, 3.05) is 5.01 Å². The van der Waals surface area contributed by atoms with Gasteiger partial charge in [0.05, 0.1) is 38.0 Å². The van der Waals surface area contributed by atoms with Crippen LogP contribution < -0.4 is 69.7 Å². The molecule has 1 amide bonds. The van der Waals surface area contributed by atoms with Gasteiger partial charge in [-0.3, -0.25) is 14.7 Å². The summed E-state index contributed by atoms with van der Waals surface area (Å²) >= 11 is 3.69. The number of halogens is 2. The molecular formula is C27H20I2N4Na2O8S2. The van der Waals surface area contributed by atoms with Crippen molar-refractivity contribution in [2.45, 2.75) is 23.6 Å². The van der Waals surface area contributed by atoms with Crippen molar-refractivity contribution in [3.05, 3.63) is 107 Å². The van der Waals surface area contributed by atoms with Crippen LogP contribution in [0.1, 0.15) is 18.2 Å². The van der Waals surface area contributed by atoms with Crippen molar-refractivity contribution >= 4 is 88.8 Å². The number of carbonyl (C=O) groups is 1. The average Bonchev–Trinajstić information content (AvgIpc) is 3.35. The summed E-state index contributed by atoms with van der Waals surface area (Å²) in [6.07, 6.45) is 11.5. The van der Waals surface area contributed by atoms with Crippen LogP contribution >= 0.6 is 45.2 Å². The Bertz CT molecular complexity index is 2080. The van der Waals surface area contributed by atoms with E-state index in [1.807, 2.05) is 45.2 Å². The summed E-state index contributed by atoms with van der Waals surface area (Å²) in [4.78, 5) is 25.1. The minimum atomic E-state index is -4.63. The zero-order valence-corrected chi connectivity index (χ0v) is 34.1. The molecule has 1 aliphatic heterocycles. The van der Waals surface area contributed by atoms with Gasteiger partial charge in [0.2, 0.25) is 0 Å². The van der Waals surface area contributed by atoms with Crippen LogP contribution in [0, 0.1) is 14.1 Å². The van der Waals surface area contributed by atoms with Gasteiger partial charge >= 0.3 is 59.1 Å². The van der Waals surface area contributed by atoms with Crippen LogP contribution in [0.3, 0.4) is 0 Å². The first-order chi connectivity index (χ1) is 20.1. The maximum absolute atomic E-state index is 13.0. The molecule has 0 unspecified atom stereocenters. The third kappa shape index (κ3) is 9.47. The quantitative estimate of drug-likeness (QED) is 0.0884. The van der Waals surface area contributed by atoms with Crippen molar-refractivity contribution in [1.82, 2.24) is 9.78 Å². The molecule has 0 saturated heterocycles. The minimum absolute atomic E-state index is 0. The molecule has 0 spiro atoms. The molecule has 0 radical (unpaired) electrons. The van der Waals surface area contributed by atoms with Crippen molar-refractivity contribution < 1.29 is 89.9 Å². The van der Waals surface area contributed by atoms with Crippen LogP contribution in [-0.2, 0) is 25.0 Å². The number of anilines is 1. The number of hydrogen-bond donors (Lipinski definition) is 1. The first kappa shape index (κ1) is 40.0. The van der Waals surface area contributed by atoms with Crippen LogP contribution in [0.2, 0.25) is 0 Å². The number of hydrogen-bond acceptors (Lipinski definition) is 9. The van der Waals surface area contributed by atoms with Crippen LogP contribution in [-0.4, -0.2) is 47.3 Å². The fraction of sp³-hybridized carbons (Fsp3) is 0.0741. The molecular weight excluding hydrogens is 880 g/mol. The van der Waals surface area contributed by atoms with Gasteiger partial charge in [0.25, 0.3) is 11.5 Å². The normalized spacial score (nSPS) is 14.9. The molecule has 224 valence electrons. The fourth-order valence-electron chi connectivity index (χ4n) is 3.93. The number of rotatable bonds is 8. The molecule has 0 atom stereocenters. The standard InChI is InChI=1S/C27H22I2N4O8S2.2Na/c1-16-20(26(34)32(30-16)24-12-10-18(14-22(24)28)42(36,37)38)8-6-4-3-5-7-9-21-17(2)31-33(27(21)35)25-13-11-19(15-23(25)29)43(39,40)41;;/h3-15,30H,1-2H3,(H,36,37,38)(H,39,40,41);;/q;2*+1/p-2/b4-3+,7-5+,8-6+,21-9-;;/i28+4,29+4;;. The smallest absolute Gasteiger partial charge is 0.744 e. The van der Waals surface area contributed by atoms with Gasteiger partial charge in [0, 0.05) is 12.8 Å². The van der Waals surface area contributed by atoms with E-state index in [2.05, 4.69) is 10.2 Å². The number of aryl methyl sites for hydroxylation is 1. The number of hydrazone groups is 1. The Kier molecular flexibility index (Phi) is 14.5. The van der Waals surface area contributed by atoms with Gasteiger partial charge in [-0.05, 0) is 108 Å². The van der Waals surface area contributed by atoms with Crippen molar-refractivity contribution in [1.29, 1.82) is 0 Å². The van der Waals surface area contributed by atoms with E-state index in [4.69, 9.17) is 0 Å². The number of allylic oxidation sites excluding steroid dienone is 6. The summed E-state index contributed by atoms with van der Waals surface area (Å²) in [7, 11) is -9.25. The predicted molar refractivity (Wildman–Crippen MR) is 175 cm³/mol. The van der Waals surface area contributed by atoms with E-state index in [1.54, 1.807) is 56.4 Å². The molecule has 12 nitrogen and oxygen atoms in total. The van der Waals surface area contributed by atoms with E-state index >= 15 is 0 Å². The first-order valence-electron chi connectivity index (χ1n) is 12.0. The Morgan fingerprint density at radius 1 is 0.800 bits per heavy atom. The molecule has 1 aromatic heterocycles. The largest absolute Gasteiger partial charge is 1.00 e. The van der Waals surface area contributed by atoms with Gasteiger partial charge in [-0.2, -0.15) is 10.1 Å². The Labute approximate surface area is 330 Å². The predicted octanol–water partition coefficient (Wildman–Crippen LogP) is -2.03. The molecule has 45 heavy (non-hydrogen) atoms. The molecule has 0 aliphatic carbocycles. The third-order valence-electron chi connectivity index (χ3n) is 6.03. The molecule has 1 aliphatic rings. The number of aromatic nitrogens is 2. The Morgan fingerprint density at radius 2 is 1.31 bits per heavy atom. The zero-order chi connectivity index (χ0) is 31.7. The number of H-pyrrole nitrogens is 1. The average molecular weight is 900 g/mol. The molecule has 0 bridgehead atoms. The summed E-state index contributed by atoms with van der Waals surface area (Å²) in [5.41, 5.74) is 2.11. The summed E-state index contributed by atoms with van der Waals surface area (Å²) in [5, 5.41) is 8.34. The Balaban J connectivity index is 0.00000353.